The number of rotatable bonds is 3. The molecule has 0 saturated carbocycles. The van der Waals surface area contributed by atoms with Crippen LogP contribution in [0.1, 0.15) is 12.0 Å². The van der Waals surface area contributed by atoms with Crippen molar-refractivity contribution in [1.29, 1.82) is 0 Å². The maximum Gasteiger partial charge on any atom is 0.165 e. The van der Waals surface area contributed by atoms with Crippen LogP contribution in [-0.2, 0) is 6.42 Å². The van der Waals surface area contributed by atoms with Crippen LogP contribution in [0, 0.1) is 11.6 Å². The second kappa shape index (κ2) is 5.21. The Morgan fingerprint density at radius 1 is 1.15 bits per heavy atom. The van der Waals surface area contributed by atoms with Gasteiger partial charge in [-0.3, -0.25) is 0 Å². The van der Waals surface area contributed by atoms with Crippen molar-refractivity contribution in [3.8, 4) is 16.9 Å². The second-order valence-corrected chi connectivity index (χ2v) is 4.98. The van der Waals surface area contributed by atoms with E-state index in [1.54, 1.807) is 12.1 Å². The van der Waals surface area contributed by atoms with Crippen LogP contribution in [0.5, 0.6) is 5.75 Å². The average molecular weight is 275 g/mol. The summed E-state index contributed by atoms with van der Waals surface area (Å²) in [5.41, 5.74) is 7.65. The highest BCUT2D eigenvalue weighted by atomic mass is 19.1. The SMILES string of the molecule is NCCC1Cc2cc(-c3cccc(F)c3)cc(F)c2O1. The predicted octanol–water partition coefficient (Wildman–Crippen LogP) is 3.28. The summed E-state index contributed by atoms with van der Waals surface area (Å²) in [7, 11) is 0. The zero-order valence-corrected chi connectivity index (χ0v) is 10.9. The Balaban J connectivity index is 1.97. The first-order chi connectivity index (χ1) is 9.67. The van der Waals surface area contributed by atoms with Crippen molar-refractivity contribution in [2.75, 3.05) is 6.54 Å². The molecule has 2 aromatic rings. The van der Waals surface area contributed by atoms with Gasteiger partial charge in [-0.25, -0.2) is 8.78 Å². The summed E-state index contributed by atoms with van der Waals surface area (Å²) in [4.78, 5) is 0. The van der Waals surface area contributed by atoms with Gasteiger partial charge in [-0.15, -0.1) is 0 Å². The molecule has 0 saturated heterocycles. The minimum absolute atomic E-state index is 0.0627. The maximum absolute atomic E-state index is 14.1. The summed E-state index contributed by atoms with van der Waals surface area (Å²) >= 11 is 0. The molecule has 1 unspecified atom stereocenters. The van der Waals surface area contributed by atoms with Crippen molar-refractivity contribution in [2.24, 2.45) is 5.73 Å². The van der Waals surface area contributed by atoms with Gasteiger partial charge >= 0.3 is 0 Å². The summed E-state index contributed by atoms with van der Waals surface area (Å²) in [5.74, 6) is -0.425. The molecule has 1 aliphatic heterocycles. The van der Waals surface area contributed by atoms with Gasteiger partial charge in [0.25, 0.3) is 0 Å². The normalized spacial score (nSPS) is 16.9. The molecule has 4 heteroatoms. The predicted molar refractivity (Wildman–Crippen MR) is 73.6 cm³/mol. The smallest absolute Gasteiger partial charge is 0.165 e. The topological polar surface area (TPSA) is 35.2 Å². The zero-order valence-electron chi connectivity index (χ0n) is 10.9. The highest BCUT2D eigenvalue weighted by Crippen LogP contribution is 2.36. The lowest BCUT2D eigenvalue weighted by Gasteiger charge is -2.09. The summed E-state index contributed by atoms with van der Waals surface area (Å²) in [6.07, 6.45) is 1.28. The molecule has 0 aliphatic carbocycles. The zero-order chi connectivity index (χ0) is 14.1. The van der Waals surface area contributed by atoms with Gasteiger partial charge in [-0.2, -0.15) is 0 Å². The quantitative estimate of drug-likeness (QED) is 0.933. The molecule has 2 nitrogen and oxygen atoms in total. The molecule has 104 valence electrons. The molecule has 1 heterocycles. The molecule has 0 amide bonds. The molecular formula is C16H15F2NO. The van der Waals surface area contributed by atoms with Crippen LogP contribution in [-0.4, -0.2) is 12.6 Å². The van der Waals surface area contributed by atoms with Crippen LogP contribution in [0.4, 0.5) is 8.78 Å². The van der Waals surface area contributed by atoms with E-state index in [-0.39, 0.29) is 11.9 Å². The largest absolute Gasteiger partial charge is 0.487 e. The minimum Gasteiger partial charge on any atom is -0.487 e. The van der Waals surface area contributed by atoms with E-state index in [0.29, 0.717) is 36.3 Å². The molecule has 3 rings (SSSR count). The van der Waals surface area contributed by atoms with Crippen LogP contribution < -0.4 is 10.5 Å². The monoisotopic (exact) mass is 275 g/mol. The van der Waals surface area contributed by atoms with Crippen molar-refractivity contribution >= 4 is 0 Å². The maximum atomic E-state index is 14.1. The summed E-state index contributed by atoms with van der Waals surface area (Å²) in [6, 6.07) is 9.39. The fourth-order valence-corrected chi connectivity index (χ4v) is 2.57. The van der Waals surface area contributed by atoms with Crippen molar-refractivity contribution in [2.45, 2.75) is 18.9 Å². The van der Waals surface area contributed by atoms with Crippen LogP contribution in [0.25, 0.3) is 11.1 Å². The number of hydrogen-bond donors (Lipinski definition) is 1. The molecule has 2 aromatic carbocycles. The Morgan fingerprint density at radius 3 is 2.75 bits per heavy atom. The fraction of sp³-hybridized carbons (Fsp3) is 0.250. The Morgan fingerprint density at radius 2 is 2.00 bits per heavy atom. The highest BCUT2D eigenvalue weighted by Gasteiger charge is 2.26. The van der Waals surface area contributed by atoms with E-state index in [4.69, 9.17) is 10.5 Å². The molecular weight excluding hydrogens is 260 g/mol. The van der Waals surface area contributed by atoms with Crippen molar-refractivity contribution in [3.05, 3.63) is 53.6 Å². The van der Waals surface area contributed by atoms with Gasteiger partial charge in [0.2, 0.25) is 0 Å². The number of halogens is 2. The van der Waals surface area contributed by atoms with Crippen molar-refractivity contribution in [3.63, 3.8) is 0 Å². The lowest BCUT2D eigenvalue weighted by Crippen LogP contribution is -2.17. The molecule has 0 aromatic heterocycles. The molecule has 0 radical (unpaired) electrons. The van der Waals surface area contributed by atoms with Crippen molar-refractivity contribution < 1.29 is 13.5 Å². The van der Waals surface area contributed by atoms with Gasteiger partial charge in [0.05, 0.1) is 0 Å². The van der Waals surface area contributed by atoms with Crippen LogP contribution in [0.3, 0.4) is 0 Å². The Bertz CT molecular complexity index is 642. The molecule has 0 spiro atoms. The summed E-state index contributed by atoms with van der Waals surface area (Å²) in [5, 5.41) is 0. The number of hydrogen-bond acceptors (Lipinski definition) is 2. The molecule has 2 N–H and O–H groups in total. The molecule has 1 atom stereocenters. The van der Waals surface area contributed by atoms with Gasteiger partial charge < -0.3 is 10.5 Å². The van der Waals surface area contributed by atoms with Crippen LogP contribution >= 0.6 is 0 Å². The first-order valence-corrected chi connectivity index (χ1v) is 6.62. The molecule has 0 bridgehead atoms. The lowest BCUT2D eigenvalue weighted by molar-refractivity contribution is 0.216. The lowest BCUT2D eigenvalue weighted by atomic mass is 10.00. The minimum atomic E-state index is -0.402. The van der Waals surface area contributed by atoms with E-state index < -0.39 is 5.82 Å². The average Bonchev–Trinajstić information content (AvgIpc) is 2.82. The third-order valence-electron chi connectivity index (χ3n) is 3.50. The number of benzene rings is 2. The number of ether oxygens (including phenoxy) is 1. The first kappa shape index (κ1) is 13.1. The Labute approximate surface area is 116 Å². The van der Waals surface area contributed by atoms with E-state index in [9.17, 15) is 8.78 Å². The molecule has 1 aliphatic rings. The number of fused-ring (bicyclic) bond motifs is 1. The van der Waals surface area contributed by atoms with E-state index >= 15 is 0 Å². The molecule has 20 heavy (non-hydrogen) atoms. The van der Waals surface area contributed by atoms with Gasteiger partial charge in [0.15, 0.2) is 11.6 Å². The standard InChI is InChI=1S/C16H15F2NO/c17-13-3-1-2-10(7-13)11-6-12-8-14(4-5-19)20-16(12)15(18)9-11/h1-3,6-7,9,14H,4-5,8,19H2. The van der Waals surface area contributed by atoms with Gasteiger partial charge in [-0.05, 0) is 48.4 Å². The van der Waals surface area contributed by atoms with Crippen LogP contribution in [0.15, 0.2) is 36.4 Å². The third-order valence-corrected chi connectivity index (χ3v) is 3.50. The number of nitrogens with two attached hydrogens (primary N) is 1. The van der Waals surface area contributed by atoms with Gasteiger partial charge in [-0.1, -0.05) is 12.1 Å². The molecule has 0 fully saturated rings. The van der Waals surface area contributed by atoms with Gasteiger partial charge in [0.1, 0.15) is 11.9 Å². The van der Waals surface area contributed by atoms with E-state index in [0.717, 1.165) is 5.56 Å². The van der Waals surface area contributed by atoms with Crippen LogP contribution in [0.2, 0.25) is 0 Å². The van der Waals surface area contributed by atoms with E-state index in [1.165, 1.54) is 18.2 Å². The van der Waals surface area contributed by atoms with E-state index in [1.807, 2.05) is 6.07 Å². The fourth-order valence-electron chi connectivity index (χ4n) is 2.57. The Kier molecular flexibility index (Phi) is 3.40. The van der Waals surface area contributed by atoms with Crippen molar-refractivity contribution in [1.82, 2.24) is 0 Å². The Hall–Kier alpha value is -1.94. The van der Waals surface area contributed by atoms with Gasteiger partial charge in [0, 0.05) is 12.0 Å². The van der Waals surface area contributed by atoms with E-state index in [2.05, 4.69) is 0 Å². The summed E-state index contributed by atoms with van der Waals surface area (Å²) in [6.45, 7) is 0.511. The third kappa shape index (κ3) is 2.39. The summed E-state index contributed by atoms with van der Waals surface area (Å²) < 4.78 is 32.9. The highest BCUT2D eigenvalue weighted by molar-refractivity contribution is 5.66. The first-order valence-electron chi connectivity index (χ1n) is 6.62. The second-order valence-electron chi connectivity index (χ2n) is 4.98.